The van der Waals surface area contributed by atoms with Crippen LogP contribution in [-0.4, -0.2) is 60.2 Å². The van der Waals surface area contributed by atoms with Gasteiger partial charge in [0.25, 0.3) is 0 Å². The molecule has 0 radical (unpaired) electrons. The van der Waals surface area contributed by atoms with E-state index in [-0.39, 0.29) is 28.4 Å². The predicted molar refractivity (Wildman–Crippen MR) is 331 cm³/mol. The highest BCUT2D eigenvalue weighted by atomic mass is 79.9. The van der Waals surface area contributed by atoms with Gasteiger partial charge in [0.05, 0.1) is 54.7 Å². The monoisotopic (exact) mass is 1300 g/mol. The zero-order valence-corrected chi connectivity index (χ0v) is 49.5. The molecule has 3 saturated carbocycles. The minimum Gasteiger partial charge on any atom is -0.394 e. The lowest BCUT2D eigenvalue weighted by atomic mass is 10.2. The summed E-state index contributed by atoms with van der Waals surface area (Å²) in [5.74, 6) is 1.39. The van der Waals surface area contributed by atoms with Gasteiger partial charge < -0.3 is 21.0 Å². The van der Waals surface area contributed by atoms with Gasteiger partial charge in [-0.05, 0) is 135 Å². The fourth-order valence-corrected chi connectivity index (χ4v) is 13.5. The van der Waals surface area contributed by atoms with Crippen LogP contribution in [0, 0.1) is 5.92 Å². The Kier molecular flexibility index (Phi) is 14.1. The average Bonchev–Trinajstić information content (AvgIpc) is 4.47. The van der Waals surface area contributed by atoms with Crippen molar-refractivity contribution in [2.75, 3.05) is 11.1 Å². The first-order valence-corrected chi connectivity index (χ1v) is 30.4. The summed E-state index contributed by atoms with van der Waals surface area (Å²) < 4.78 is 9.15. The van der Waals surface area contributed by atoms with Crippen molar-refractivity contribution in [1.29, 1.82) is 0 Å². The summed E-state index contributed by atoms with van der Waals surface area (Å²) >= 11 is 15.4. The molecule has 3 aliphatic rings. The van der Waals surface area contributed by atoms with Crippen molar-refractivity contribution in [2.24, 2.45) is 13.0 Å². The summed E-state index contributed by atoms with van der Waals surface area (Å²) in [6, 6.07) is 27.5. The first-order chi connectivity index (χ1) is 38.8. The van der Waals surface area contributed by atoms with E-state index in [1.807, 2.05) is 95.3 Å². The van der Waals surface area contributed by atoms with E-state index < -0.39 is 0 Å². The molecular weight excluding hydrogens is 1260 g/mol. The van der Waals surface area contributed by atoms with Gasteiger partial charge >= 0.3 is 0 Å². The Morgan fingerprint density at radius 1 is 0.650 bits per heavy atom. The number of amides is 1. The van der Waals surface area contributed by atoms with E-state index in [0.29, 0.717) is 22.4 Å². The maximum absolute atomic E-state index is 12.2. The van der Waals surface area contributed by atoms with Crippen molar-refractivity contribution in [2.45, 2.75) is 60.4 Å². The molecule has 3 fully saturated rings. The van der Waals surface area contributed by atoms with Crippen molar-refractivity contribution in [3.63, 3.8) is 0 Å². The van der Waals surface area contributed by atoms with Gasteiger partial charge in [-0.15, -0.1) is 32.9 Å². The summed E-state index contributed by atoms with van der Waals surface area (Å²) in [5.41, 5.74) is 14.4. The number of nitrogens with zero attached hydrogens (tertiary/aromatic N) is 9. The Labute approximate surface area is 492 Å². The van der Waals surface area contributed by atoms with Gasteiger partial charge in [0.15, 0.2) is 10.8 Å². The van der Waals surface area contributed by atoms with Crippen LogP contribution < -0.4 is 21.9 Å². The molecule has 0 bridgehead atoms. The number of aromatic nitrogens is 11. The number of nitrogens with one attached hydrogen (secondary N) is 3. The Bertz CT molecular complexity index is 4710. The Balaban J connectivity index is 0.000000108. The van der Waals surface area contributed by atoms with Crippen LogP contribution in [0.2, 0.25) is 0 Å². The molecule has 0 unspecified atom stereocenters. The average molecular weight is 1310 g/mol. The second-order valence-corrected chi connectivity index (χ2v) is 25.7. The molecule has 0 saturated heterocycles. The first kappa shape index (κ1) is 52.2. The Morgan fingerprint density at radius 2 is 1.24 bits per heavy atom. The molecule has 9 aromatic heterocycles. The molecule has 22 heteroatoms. The number of anilines is 2. The zero-order valence-electron chi connectivity index (χ0n) is 42.3. The number of fused-ring (bicyclic) bond motifs is 9. The number of nitrogens with two attached hydrogens (primary N) is 1. The number of aryl methyl sites for hydroxylation is 1. The third-order valence-corrected chi connectivity index (χ3v) is 18.8. The summed E-state index contributed by atoms with van der Waals surface area (Å²) in [6.07, 6.45) is 19.8. The summed E-state index contributed by atoms with van der Waals surface area (Å²) in [7, 11) is 1.92. The second-order valence-electron chi connectivity index (χ2n) is 19.8. The van der Waals surface area contributed by atoms with E-state index in [1.54, 1.807) is 34.8 Å². The van der Waals surface area contributed by atoms with Crippen molar-refractivity contribution in [1.82, 2.24) is 54.3 Å². The smallest absolute Gasteiger partial charge is 0.227 e. The van der Waals surface area contributed by atoms with Crippen LogP contribution in [0.1, 0.15) is 60.4 Å². The lowest BCUT2D eigenvalue weighted by Gasteiger charge is -2.05. The lowest BCUT2D eigenvalue weighted by Crippen LogP contribution is -2.19. The number of nitrogen functional groups attached to an aromatic ring is 1. The largest absolute Gasteiger partial charge is 0.394 e. The van der Waals surface area contributed by atoms with Crippen LogP contribution in [0.4, 0.5) is 11.4 Å². The number of carbonyl (C=O) groups is 1. The van der Waals surface area contributed by atoms with Crippen LogP contribution in [0.15, 0.2) is 161 Å². The zero-order chi connectivity index (χ0) is 54.8. The maximum Gasteiger partial charge on any atom is 0.227 e. The number of aromatic amines is 2. The fourth-order valence-electron chi connectivity index (χ4n) is 9.06. The molecule has 398 valence electrons. The van der Waals surface area contributed by atoms with Gasteiger partial charge in [-0.25, -0.2) is 9.97 Å². The number of hydrogen-bond donors (Lipinski definition) is 4. The van der Waals surface area contributed by atoms with E-state index in [0.717, 1.165) is 97.5 Å². The van der Waals surface area contributed by atoms with E-state index in [2.05, 4.69) is 131 Å². The Hall–Kier alpha value is -7.21. The summed E-state index contributed by atoms with van der Waals surface area (Å²) in [4.78, 5) is 61.1. The number of rotatable bonds is 7. The van der Waals surface area contributed by atoms with Crippen LogP contribution >= 0.6 is 82.2 Å². The number of benzene rings is 4. The summed E-state index contributed by atoms with van der Waals surface area (Å²) in [5, 5.41) is 22.7. The Morgan fingerprint density at radius 3 is 1.85 bits per heavy atom. The highest BCUT2D eigenvalue weighted by Gasteiger charge is 2.31. The molecule has 0 atom stereocenters. The molecule has 16 rings (SSSR count). The molecule has 80 heavy (non-hydrogen) atoms. The summed E-state index contributed by atoms with van der Waals surface area (Å²) in [6.45, 7) is 0. The van der Waals surface area contributed by atoms with E-state index in [4.69, 9.17) is 15.7 Å². The quantitative estimate of drug-likeness (QED) is 0.117. The number of hydrogen-bond acceptors (Lipinski definition) is 14. The molecule has 5 N–H and O–H groups in total. The molecule has 16 nitrogen and oxygen atoms in total. The number of carbonyl (C=O) groups excluding carboxylic acids is 1. The standard InChI is InChI=1S/C23H17N7S2.C13H11BrN2O2.C13H9BrN2S.C9H7BrN2O/c1-29-11-15(9-25-29)14-4-7-20-27-28-23(30(20)12-14)31-16-5-6-18-17(8-16)21-19(10-24-18)26-22(32-21)13-2-3-13;14-8-3-4-10-9(5-8)12(17)11(6-15-10)16-13(18)7-1-2-7;14-8-3-4-10-9(5-8)12-11(6-15-10)16-13(17-12)7-1-2-7;10-5-1-2-8-6(3-5)9(13)7(11)4-12-8/h4-13H,2-3H2,1H3;3-7H,1-2H2,(H,15,17)(H,16,18);3-7H,1-2H2;1-4H,11H2,(H,12,13). The number of pyridine rings is 5. The SMILES string of the molecule is Brc1ccc2ncc3nc(C4CC4)sc3c2c1.Cn1cc(-c2ccc3nnc(Sc4ccc5ncc6nc(C7CC7)sc6c5c4)n3c2)cn1.Nc1c[nH]c2ccc(Br)cc2c1=O.O=C(Nc1c[nH]c2ccc(Br)cc2c1=O)C1CC1. The highest BCUT2D eigenvalue weighted by Crippen LogP contribution is 2.46. The van der Waals surface area contributed by atoms with Crippen LogP contribution in [0.5, 0.6) is 0 Å². The van der Waals surface area contributed by atoms with Gasteiger partial charge in [-0.2, -0.15) is 5.10 Å². The van der Waals surface area contributed by atoms with Crippen molar-refractivity contribution in [3.05, 3.63) is 172 Å². The topological polar surface area (TPSA) is 220 Å². The van der Waals surface area contributed by atoms with Gasteiger partial charge in [-0.3, -0.25) is 33.4 Å². The second kappa shape index (κ2) is 21.7. The van der Waals surface area contributed by atoms with E-state index in [1.165, 1.54) is 56.7 Å². The molecule has 4 aromatic carbocycles. The molecule has 1 amide bonds. The normalized spacial score (nSPS) is 14.1. The molecule has 0 spiro atoms. The number of thiazole rings is 2. The van der Waals surface area contributed by atoms with Crippen LogP contribution in [-0.2, 0) is 11.8 Å². The first-order valence-electron chi connectivity index (χ1n) is 25.6. The lowest BCUT2D eigenvalue weighted by molar-refractivity contribution is -0.117. The van der Waals surface area contributed by atoms with Gasteiger partial charge in [0, 0.05) is 112 Å². The fraction of sp³-hybridized carbons (Fsp3) is 0.172. The van der Waals surface area contributed by atoms with Crippen molar-refractivity contribution < 1.29 is 4.79 Å². The third-order valence-electron chi connectivity index (χ3n) is 13.8. The van der Waals surface area contributed by atoms with Crippen molar-refractivity contribution in [3.8, 4) is 11.1 Å². The van der Waals surface area contributed by atoms with E-state index >= 15 is 0 Å². The molecule has 0 aliphatic heterocycles. The highest BCUT2D eigenvalue weighted by molar-refractivity contribution is 9.11. The molecule has 3 aliphatic carbocycles. The van der Waals surface area contributed by atoms with Crippen molar-refractivity contribution >= 4 is 169 Å². The van der Waals surface area contributed by atoms with E-state index in [9.17, 15) is 14.4 Å². The van der Waals surface area contributed by atoms with Gasteiger partial charge in [0.1, 0.15) is 16.7 Å². The van der Waals surface area contributed by atoms with Gasteiger partial charge in [-0.1, -0.05) is 47.8 Å². The number of H-pyrrole nitrogens is 2. The van der Waals surface area contributed by atoms with Gasteiger partial charge in [0.2, 0.25) is 16.8 Å². The minimum atomic E-state index is -0.154. The predicted octanol–water partition coefficient (Wildman–Crippen LogP) is 14.3. The molecule has 13 aromatic rings. The molecular formula is C58H44Br3N13O3S3. The molecule has 9 heterocycles. The van der Waals surface area contributed by atoms with Crippen LogP contribution in [0.25, 0.3) is 80.8 Å². The maximum atomic E-state index is 12.2. The number of halogens is 3. The minimum absolute atomic E-state index is 0.0603. The van der Waals surface area contributed by atoms with Crippen LogP contribution in [0.3, 0.4) is 0 Å². The third kappa shape index (κ3) is 11.0.